The summed E-state index contributed by atoms with van der Waals surface area (Å²) in [5, 5.41) is 3.71. The lowest BCUT2D eigenvalue weighted by Crippen LogP contribution is -2.22. The molecule has 0 aliphatic carbocycles. The van der Waals surface area contributed by atoms with Crippen LogP contribution in [0.15, 0.2) is 35.1 Å². The first-order valence-electron chi connectivity index (χ1n) is 5.63. The minimum absolute atomic E-state index is 0.0387. The summed E-state index contributed by atoms with van der Waals surface area (Å²) in [6.45, 7) is 0. The van der Waals surface area contributed by atoms with Crippen molar-refractivity contribution in [1.82, 2.24) is 9.78 Å². The molecule has 106 valence electrons. The molecule has 4 nitrogen and oxygen atoms in total. The Hall–Kier alpha value is -2.31. The maximum Gasteiger partial charge on any atom is 0.433 e. The van der Waals surface area contributed by atoms with Crippen molar-refractivity contribution in [3.05, 3.63) is 46.2 Å². The van der Waals surface area contributed by atoms with Crippen LogP contribution in [0.4, 0.5) is 13.2 Å². The second kappa shape index (κ2) is 4.99. The zero-order valence-corrected chi connectivity index (χ0v) is 10.7. The topological polar surface area (TPSA) is 44.1 Å². The Morgan fingerprint density at radius 2 is 1.80 bits per heavy atom. The lowest BCUT2D eigenvalue weighted by molar-refractivity contribution is -0.144. The van der Waals surface area contributed by atoms with Gasteiger partial charge in [0.1, 0.15) is 17.1 Å². The molecule has 0 amide bonds. The molecule has 20 heavy (non-hydrogen) atoms. The molecular weight excluding hydrogens is 273 g/mol. The summed E-state index contributed by atoms with van der Waals surface area (Å²) < 4.78 is 43.6. The number of rotatable bonds is 2. The Bertz CT molecular complexity index is 675. The number of nitrogens with zero attached hydrogens (tertiary/aromatic N) is 2. The van der Waals surface area contributed by atoms with Gasteiger partial charge < -0.3 is 4.74 Å². The van der Waals surface area contributed by atoms with Crippen LogP contribution in [-0.4, -0.2) is 16.9 Å². The molecule has 0 spiro atoms. The van der Waals surface area contributed by atoms with Gasteiger partial charge in [-0.25, -0.2) is 0 Å². The van der Waals surface area contributed by atoms with E-state index in [4.69, 9.17) is 4.74 Å². The molecule has 0 aliphatic heterocycles. The second-order valence-electron chi connectivity index (χ2n) is 4.09. The van der Waals surface area contributed by atoms with Gasteiger partial charge in [-0.1, -0.05) is 0 Å². The van der Waals surface area contributed by atoms with Crippen molar-refractivity contribution in [2.45, 2.75) is 6.18 Å². The van der Waals surface area contributed by atoms with Crippen molar-refractivity contribution in [2.24, 2.45) is 7.05 Å². The number of methoxy groups -OCH3 is 1. The molecule has 0 saturated heterocycles. The van der Waals surface area contributed by atoms with E-state index in [9.17, 15) is 18.0 Å². The number of aryl methyl sites for hydroxylation is 1. The largest absolute Gasteiger partial charge is 0.497 e. The number of alkyl halides is 3. The maximum atomic E-state index is 12.6. The monoisotopic (exact) mass is 284 g/mol. The molecule has 2 rings (SSSR count). The number of ether oxygens (including phenoxy) is 1. The molecule has 1 aromatic heterocycles. The molecule has 1 aromatic carbocycles. The van der Waals surface area contributed by atoms with Crippen LogP contribution in [0.25, 0.3) is 11.3 Å². The van der Waals surface area contributed by atoms with Gasteiger partial charge in [0, 0.05) is 18.7 Å². The van der Waals surface area contributed by atoms with Gasteiger partial charge in [-0.3, -0.25) is 9.48 Å². The van der Waals surface area contributed by atoms with E-state index in [-0.39, 0.29) is 5.69 Å². The third-order valence-electron chi connectivity index (χ3n) is 2.75. The number of halogens is 3. The average molecular weight is 284 g/mol. The molecule has 0 radical (unpaired) electrons. The molecule has 1 heterocycles. The highest BCUT2D eigenvalue weighted by Crippen LogP contribution is 2.28. The molecule has 2 aromatic rings. The summed E-state index contributed by atoms with van der Waals surface area (Å²) in [6.07, 6.45) is -4.61. The fourth-order valence-electron chi connectivity index (χ4n) is 1.75. The van der Waals surface area contributed by atoms with E-state index in [0.717, 1.165) is 7.05 Å². The van der Waals surface area contributed by atoms with Crippen LogP contribution >= 0.6 is 0 Å². The zero-order valence-electron chi connectivity index (χ0n) is 10.7. The minimum Gasteiger partial charge on any atom is -0.497 e. The van der Waals surface area contributed by atoms with Crippen molar-refractivity contribution >= 4 is 0 Å². The highest BCUT2D eigenvalue weighted by Gasteiger charge is 2.34. The highest BCUT2D eigenvalue weighted by molar-refractivity contribution is 5.59. The summed E-state index contributed by atoms with van der Waals surface area (Å²) >= 11 is 0. The Morgan fingerprint density at radius 1 is 1.20 bits per heavy atom. The molecular formula is C13H11F3N2O2. The molecule has 0 bridgehead atoms. The SMILES string of the molecule is COc1ccc(-c2nn(C)c(C(F)(F)F)cc2=O)cc1. The van der Waals surface area contributed by atoms with Gasteiger partial charge in [-0.05, 0) is 24.3 Å². The Balaban J connectivity index is 2.53. The van der Waals surface area contributed by atoms with Crippen LogP contribution < -0.4 is 10.2 Å². The van der Waals surface area contributed by atoms with Gasteiger partial charge in [0.2, 0.25) is 5.43 Å². The quantitative estimate of drug-likeness (QED) is 0.851. The lowest BCUT2D eigenvalue weighted by atomic mass is 10.1. The van der Waals surface area contributed by atoms with E-state index < -0.39 is 17.3 Å². The summed E-state index contributed by atoms with van der Waals surface area (Å²) in [4.78, 5) is 11.8. The van der Waals surface area contributed by atoms with Crippen molar-refractivity contribution in [3.8, 4) is 17.0 Å². The van der Waals surface area contributed by atoms with Crippen LogP contribution in [0, 0.1) is 0 Å². The molecule has 0 N–H and O–H groups in total. The van der Waals surface area contributed by atoms with Gasteiger partial charge in [0.15, 0.2) is 0 Å². The molecule has 0 saturated carbocycles. The molecule has 0 atom stereocenters. The van der Waals surface area contributed by atoms with Crippen LogP contribution in [0.3, 0.4) is 0 Å². The third-order valence-corrected chi connectivity index (χ3v) is 2.75. The summed E-state index contributed by atoms with van der Waals surface area (Å²) in [6, 6.07) is 6.89. The van der Waals surface area contributed by atoms with Gasteiger partial charge in [-0.15, -0.1) is 0 Å². The Morgan fingerprint density at radius 3 is 2.30 bits per heavy atom. The fourth-order valence-corrected chi connectivity index (χ4v) is 1.75. The third kappa shape index (κ3) is 2.66. The van der Waals surface area contributed by atoms with E-state index in [1.54, 1.807) is 24.3 Å². The molecule has 0 aliphatic rings. The van der Waals surface area contributed by atoms with Crippen LogP contribution in [0.1, 0.15) is 5.69 Å². The smallest absolute Gasteiger partial charge is 0.433 e. The number of aromatic nitrogens is 2. The van der Waals surface area contributed by atoms with Gasteiger partial charge in [0.05, 0.1) is 7.11 Å². The first kappa shape index (κ1) is 14.1. The summed E-state index contributed by atoms with van der Waals surface area (Å²) in [7, 11) is 2.64. The Labute approximate surface area is 112 Å². The maximum absolute atomic E-state index is 12.6. The normalized spacial score (nSPS) is 11.4. The van der Waals surface area contributed by atoms with Crippen molar-refractivity contribution < 1.29 is 17.9 Å². The zero-order chi connectivity index (χ0) is 14.9. The van der Waals surface area contributed by atoms with E-state index in [0.29, 0.717) is 22.1 Å². The number of benzene rings is 1. The number of hydrogen-bond acceptors (Lipinski definition) is 3. The first-order chi connectivity index (χ1) is 9.32. The van der Waals surface area contributed by atoms with Crippen molar-refractivity contribution in [1.29, 1.82) is 0 Å². The van der Waals surface area contributed by atoms with Gasteiger partial charge in [-0.2, -0.15) is 18.3 Å². The average Bonchev–Trinajstić information content (AvgIpc) is 2.40. The van der Waals surface area contributed by atoms with Gasteiger partial charge >= 0.3 is 6.18 Å². The first-order valence-corrected chi connectivity index (χ1v) is 5.63. The fraction of sp³-hybridized carbons (Fsp3) is 0.231. The Kier molecular flexibility index (Phi) is 3.52. The molecule has 0 unspecified atom stereocenters. The van der Waals surface area contributed by atoms with Crippen molar-refractivity contribution in [3.63, 3.8) is 0 Å². The van der Waals surface area contributed by atoms with E-state index in [1.807, 2.05) is 0 Å². The van der Waals surface area contributed by atoms with Crippen LogP contribution in [-0.2, 0) is 13.2 Å². The van der Waals surface area contributed by atoms with E-state index >= 15 is 0 Å². The highest BCUT2D eigenvalue weighted by atomic mass is 19.4. The van der Waals surface area contributed by atoms with Gasteiger partial charge in [0.25, 0.3) is 0 Å². The predicted molar refractivity (Wildman–Crippen MR) is 66.5 cm³/mol. The molecule has 7 heteroatoms. The van der Waals surface area contributed by atoms with E-state index in [1.165, 1.54) is 7.11 Å². The summed E-state index contributed by atoms with van der Waals surface area (Å²) in [5.74, 6) is 0.581. The lowest BCUT2D eigenvalue weighted by Gasteiger charge is -2.12. The number of hydrogen-bond donors (Lipinski definition) is 0. The van der Waals surface area contributed by atoms with E-state index in [2.05, 4.69) is 5.10 Å². The summed E-state index contributed by atoms with van der Waals surface area (Å²) in [5.41, 5.74) is -1.47. The minimum atomic E-state index is -4.61. The predicted octanol–water partition coefficient (Wildman–Crippen LogP) is 2.47. The second-order valence-corrected chi connectivity index (χ2v) is 4.09. The van der Waals surface area contributed by atoms with Crippen LogP contribution in [0.5, 0.6) is 5.75 Å². The standard InChI is InChI=1S/C13H11F3N2O2/c1-18-11(13(14,15)16)7-10(19)12(17-18)8-3-5-9(20-2)6-4-8/h3-7H,1-2H3. The van der Waals surface area contributed by atoms with Crippen LogP contribution in [0.2, 0.25) is 0 Å². The molecule has 0 fully saturated rings. The van der Waals surface area contributed by atoms with Crippen molar-refractivity contribution in [2.75, 3.05) is 7.11 Å².